The average molecular weight is 480 g/mol. The van der Waals surface area contributed by atoms with Gasteiger partial charge in [-0.05, 0) is 0 Å². The molecule has 0 radical (unpaired) electrons. The van der Waals surface area contributed by atoms with E-state index in [9.17, 15) is 4.81 Å². The molecule has 0 bridgehead atoms. The van der Waals surface area contributed by atoms with E-state index in [1.54, 1.807) is 0 Å². The summed E-state index contributed by atoms with van der Waals surface area (Å²) >= 11 is -5.22. The molecule has 0 aromatic carbocycles. The van der Waals surface area contributed by atoms with Gasteiger partial charge >= 0.3 is 37.1 Å². The molecule has 0 aliphatic carbocycles. The van der Waals surface area contributed by atoms with Crippen molar-refractivity contribution in [2.75, 3.05) is 0 Å². The van der Waals surface area contributed by atoms with Gasteiger partial charge in [-0.3, -0.25) is 0 Å². The third kappa shape index (κ3) is 25.2. The van der Waals surface area contributed by atoms with Gasteiger partial charge in [-0.25, -0.2) is 0 Å². The molecule has 0 amide bonds. The van der Waals surface area contributed by atoms with E-state index in [2.05, 4.69) is 0 Å². The quantitative estimate of drug-likeness (QED) is 0.490. The summed E-state index contributed by atoms with van der Waals surface area (Å²) in [4.78, 5) is 0. The molecule has 0 rings (SSSR count). The molecular weight excluding hydrogens is 480 g/mol. The van der Waals surface area contributed by atoms with Gasteiger partial charge in [-0.1, -0.05) is 0 Å². The smallest absolute Gasteiger partial charge is 0 e. The maximum atomic E-state index is 9.89. The Kier molecular flexibility index (Phi) is 31.4. The van der Waals surface area contributed by atoms with Crippen LogP contribution in [0.3, 0.4) is 0 Å². The fraction of sp³-hybridized carbons (Fsp3) is 0. The number of hydrogen-bond donors (Lipinski definition) is 0. The minimum atomic E-state index is -5.22. The average Bonchev–Trinajstić information content (AvgIpc) is 0.811. The Balaban J connectivity index is -0.0000000450. The first-order chi connectivity index (χ1) is 1.73. The van der Waals surface area contributed by atoms with Crippen LogP contribution >= 0.6 is 0 Å². The van der Waals surface area contributed by atoms with Crippen molar-refractivity contribution in [1.29, 1.82) is 0 Å². The second kappa shape index (κ2) is 11.5. The van der Waals surface area contributed by atoms with Crippen LogP contribution in [-0.4, -0.2) is 0 Å². The van der Waals surface area contributed by atoms with Crippen LogP contribution in [0.5, 0.6) is 0 Å². The zero-order valence-electron chi connectivity index (χ0n) is 2.71. The van der Waals surface area contributed by atoms with Crippen LogP contribution in [0, 0.1) is 115 Å². The predicted octanol–water partition coefficient (Wildman–Crippen LogP) is 1.26. The molecule has 0 spiro atoms. The van der Waals surface area contributed by atoms with E-state index in [0.29, 0.717) is 0 Å². The van der Waals surface area contributed by atoms with Crippen molar-refractivity contribution in [3.63, 3.8) is 0 Å². The van der Waals surface area contributed by atoms with Crippen LogP contribution in [0.2, 0.25) is 0 Å². The van der Waals surface area contributed by atoms with Gasteiger partial charge in [0.1, 0.15) is 0 Å². The zero-order chi connectivity index (χ0) is 3.58. The summed E-state index contributed by atoms with van der Waals surface area (Å²) in [5.74, 6) is 0. The molecule has 0 unspecified atom stereocenters. The molecule has 0 fully saturated rings. The Morgan fingerprint density at radius 3 is 1.00 bits per heavy atom. The fourth-order valence-corrected chi connectivity index (χ4v) is 0. The van der Waals surface area contributed by atoms with Crippen molar-refractivity contribution in [2.24, 2.45) is 0 Å². The SMILES string of the molecule is [Ce].[F][La]([F])[F].[Nd]. The van der Waals surface area contributed by atoms with E-state index in [1.165, 1.54) is 0 Å². The first-order valence-electron chi connectivity index (χ1n) is 0.655. The summed E-state index contributed by atoms with van der Waals surface area (Å²) in [7, 11) is 0. The fourth-order valence-electron chi connectivity index (χ4n) is 0. The first-order valence-corrected chi connectivity index (χ1v) is 4.77. The minimum absolute atomic E-state index is 0. The van der Waals surface area contributed by atoms with Crippen molar-refractivity contribution in [3.05, 3.63) is 0 Å². The molecule has 0 atom stereocenters. The van der Waals surface area contributed by atoms with E-state index < -0.39 is 32.2 Å². The number of hydrogen-bond acceptors (Lipinski definition) is 0. The van der Waals surface area contributed by atoms with Crippen molar-refractivity contribution in [3.8, 4) is 0 Å². The normalized spacial score (nSPS) is 4.50. The summed E-state index contributed by atoms with van der Waals surface area (Å²) in [6.07, 6.45) is 0. The Morgan fingerprint density at radius 2 is 1.00 bits per heavy atom. The summed E-state index contributed by atoms with van der Waals surface area (Å²) in [5, 5.41) is 0. The molecule has 0 aromatic rings. The van der Waals surface area contributed by atoms with Crippen LogP contribution in [0.1, 0.15) is 0 Å². The van der Waals surface area contributed by atoms with Gasteiger partial charge in [0.15, 0.2) is 0 Å². The molecule has 0 saturated carbocycles. The molecule has 0 saturated heterocycles. The zero-order valence-corrected chi connectivity index (χ0v) is 12.7. The van der Waals surface area contributed by atoms with Crippen LogP contribution in [0.15, 0.2) is 0 Å². The molecule has 6 heteroatoms. The van der Waals surface area contributed by atoms with Gasteiger partial charge < -0.3 is 0 Å². The maximum Gasteiger partial charge on any atom is 0 e. The Morgan fingerprint density at radius 1 is 1.00 bits per heavy atom. The van der Waals surface area contributed by atoms with E-state index >= 15 is 0 Å². The molecule has 0 N–H and O–H groups in total. The van der Waals surface area contributed by atoms with E-state index in [-0.39, 0.29) is 82.6 Å². The molecule has 32 valence electrons. The van der Waals surface area contributed by atoms with Gasteiger partial charge in [0.25, 0.3) is 0 Å². The molecule has 0 aromatic heterocycles. The van der Waals surface area contributed by atoms with E-state index in [4.69, 9.17) is 0 Å². The van der Waals surface area contributed by atoms with Crippen molar-refractivity contribution >= 4 is 0 Å². The summed E-state index contributed by atoms with van der Waals surface area (Å²) in [5.41, 5.74) is 0. The van der Waals surface area contributed by atoms with Crippen LogP contribution in [-0.2, 0) is 0 Å². The third-order valence-electron chi connectivity index (χ3n) is 0. The Labute approximate surface area is 116 Å². The molecule has 0 heterocycles. The molecule has 0 nitrogen and oxygen atoms in total. The van der Waals surface area contributed by atoms with Crippen LogP contribution in [0.25, 0.3) is 0 Å². The largest absolute Gasteiger partial charge is 0 e. The molecular formula is CeF3LaNd. The molecule has 0 aliphatic heterocycles. The Bertz CT molecular complexity index is 15.5. The van der Waals surface area contributed by atoms with Gasteiger partial charge in [0.05, 0.1) is 0 Å². The summed E-state index contributed by atoms with van der Waals surface area (Å²) < 4.78 is 29.7. The second-order valence-corrected chi connectivity index (χ2v) is 1.80. The monoisotopic (exact) mass is 478 g/mol. The van der Waals surface area contributed by atoms with Gasteiger partial charge in [0, 0.05) is 82.6 Å². The third-order valence-corrected chi connectivity index (χ3v) is 0. The maximum absolute atomic E-state index is 9.89. The van der Waals surface area contributed by atoms with Crippen LogP contribution < -0.4 is 0 Å². The Hall–Kier alpha value is 3.71. The van der Waals surface area contributed by atoms with Crippen LogP contribution in [0.4, 0.5) is 4.81 Å². The van der Waals surface area contributed by atoms with Crippen molar-refractivity contribution in [1.82, 2.24) is 0 Å². The standard InChI is InChI=1S/Ce.3FH.La.Nd/h;3*1H;;/q;;;;+3;/p-3. The van der Waals surface area contributed by atoms with Crippen molar-refractivity contribution < 1.29 is 120 Å². The van der Waals surface area contributed by atoms with Gasteiger partial charge in [-0.15, -0.1) is 0 Å². The second-order valence-electron chi connectivity index (χ2n) is 0.247. The van der Waals surface area contributed by atoms with E-state index in [0.717, 1.165) is 0 Å². The summed E-state index contributed by atoms with van der Waals surface area (Å²) in [6.45, 7) is 0. The van der Waals surface area contributed by atoms with Gasteiger partial charge in [-0.2, -0.15) is 0 Å². The minimum Gasteiger partial charge on any atom is 0 e. The molecule has 6 heavy (non-hydrogen) atoms. The number of halogens is 3. The van der Waals surface area contributed by atoms with Gasteiger partial charge in [0.2, 0.25) is 0 Å². The summed E-state index contributed by atoms with van der Waals surface area (Å²) in [6, 6.07) is 0. The van der Waals surface area contributed by atoms with E-state index in [1.807, 2.05) is 0 Å². The van der Waals surface area contributed by atoms with Crippen molar-refractivity contribution in [2.45, 2.75) is 0 Å². The predicted molar refractivity (Wildman–Crippen MR) is 3.32 cm³/mol. The topological polar surface area (TPSA) is 0 Å². The molecule has 0 aliphatic rings. The number of rotatable bonds is 0. The first kappa shape index (κ1) is 16.4.